The molecule has 0 atom stereocenters. The van der Waals surface area contributed by atoms with Crippen LogP contribution in [0.2, 0.25) is 0 Å². The monoisotopic (exact) mass is 1540 g/mol. The van der Waals surface area contributed by atoms with Crippen molar-refractivity contribution < 1.29 is 91.3 Å². The molecule has 80 heavy (non-hydrogen) atoms. The van der Waals surface area contributed by atoms with E-state index in [1.807, 2.05) is 0 Å². The lowest BCUT2D eigenvalue weighted by Gasteiger charge is -0.0786. The molecule has 0 nitrogen and oxygen atoms in total. The van der Waals surface area contributed by atoms with Crippen LogP contribution in [0.1, 0.15) is 685 Å². The van der Waals surface area contributed by atoms with Crippen LogP contribution in [0, 0.1) is 0 Å². The van der Waals surface area contributed by atoms with Crippen LogP contribution in [-0.4, -0.2) is 0 Å². The van der Waals surface area contributed by atoms with Gasteiger partial charge < -0.3 is 0 Å². The Hall–Kier alpha value is 0. The first kappa shape index (κ1) is 0. The van der Waals surface area contributed by atoms with Gasteiger partial charge in [-0.3, -0.25) is 0 Å². The highest BCUT2D eigenvalue weighted by Gasteiger charge is 0.00144. The van der Waals surface area contributed by atoms with E-state index in [1.165, 1.54) is 0 Å². The summed E-state index contributed by atoms with van der Waals surface area (Å²) < 4.78 is 0. The Morgan fingerprint density at radius 1 is 0.0250 bits per heavy atom. The fraction of sp³-hybridized carbons (Fsp3) is 1.00. The van der Waals surface area contributed by atoms with E-state index >= 15 is 0 Å². The summed E-state index contributed by atoms with van der Waals surface area (Å²) in [5, 5.41) is 0. The van der Waals surface area contributed by atoms with Crippen molar-refractivity contribution in [2.75, 3.05) is 0 Å². The molecule has 0 bridgehead atoms. The molecule has 0 saturated heterocycles. The minimum Gasteiger partial charge on any atom is -0.0776 e. The van der Waals surface area contributed by atoms with Crippen molar-refractivity contribution in [3.63, 3.8) is 0 Å². The van der Waals surface area contributed by atoms with Crippen molar-refractivity contribution in [2.45, 2.75) is 594 Å². The maximum Gasteiger partial charge on any atom is 0 e. The van der Waals surface area contributed by atoms with E-state index in [1.54, 1.807) is 0 Å². The molecule has 0 N–H and O–H groups in total. The lowest BCUT2D eigenvalue weighted by Crippen LogP contribution is 0.143. The third-order valence-electron chi connectivity index (χ3n) is 0. The van der Waals surface area contributed by atoms with Crippen LogP contribution in [0.4, 0.5) is 0 Å². The van der Waals surface area contributed by atoms with Crippen molar-refractivity contribution in [3.8, 4) is 0 Å². The summed E-state index contributed by atoms with van der Waals surface area (Å²) in [4.78, 5) is 0. The lowest BCUT2D eigenvalue weighted by molar-refractivity contribution is 2.50. The summed E-state index contributed by atoms with van der Waals surface area (Å²) in [6.07, 6.45) is 0. The van der Waals surface area contributed by atoms with Crippen molar-refractivity contribution >= 4 is 0 Å². The second kappa shape index (κ2) is 0. The van der Waals surface area contributed by atoms with Crippen LogP contribution >= 0.6 is 0 Å². The van der Waals surface area contributed by atoms with Crippen molar-refractivity contribution in [2.24, 2.45) is 0 Å². The summed E-state index contributed by atoms with van der Waals surface area (Å²) in [5.74, 6) is 0. The molecule has 0 radical (unpaired) electrons. The van der Waals surface area contributed by atoms with E-state index in [2.05, 4.69) is 0 Å². The predicted molar refractivity (Wildman–Crippen MR) is 674 cm³/mol. The summed E-state index contributed by atoms with van der Waals surface area (Å²) in [6, 6.07) is 0. The molecule has 768 valence electrons. The van der Waals surface area contributed by atoms with Gasteiger partial charge in [-0.1, -0.05) is 594 Å². The van der Waals surface area contributed by atoms with Gasteiger partial charge in [0.15, 0.2) is 0 Å². The largest absolute Gasteiger partial charge is 0.0776 e. The highest BCUT2D eigenvalue weighted by Crippen LogP contribution is 0.223. The summed E-state index contributed by atoms with van der Waals surface area (Å²) in [5.41, 5.74) is 0. The predicted octanol–water partition coefficient (Wildman–Crippen LogP) is 66.6. The summed E-state index contributed by atoms with van der Waals surface area (Å²) in [7, 11) is 0. The van der Waals surface area contributed by atoms with Gasteiger partial charge in [0, 0.05) is 91.3 Å². The van der Waals surface area contributed by atoms with Crippen LogP contribution in [0.15, 0.2) is 0 Å². The fourth-order valence-corrected chi connectivity index (χ4v) is 0. The molecule has 0 aliphatic rings. The minimum absolute atomic E-state index is 0. The molecule has 0 aromatic carbocycles. The zero-order chi connectivity index (χ0) is 0. The maximum atomic E-state index is 0. The van der Waals surface area contributed by atoms with Gasteiger partial charge in [0.05, 0.1) is 0 Å². The molecule has 0 aromatic heterocycles. The zero-order valence-electron chi connectivity index (χ0n) is 0. The topological polar surface area (TPSA) is 0 Å². The van der Waals surface area contributed by atoms with Gasteiger partial charge in [0.1, 0.15) is 0 Å². The molecule has 0 aliphatic heterocycles. The molecule has 0 spiro atoms. The Kier molecular flexibility index (Phi) is 0. The van der Waals surface area contributed by atoms with E-state index in [0.29, 0.717) is 0 Å². The molecule has 0 saturated carbocycles. The average Bonchev–Trinajstić information content (AvgIpc) is 0. The standard InChI is InChI=1S/80CH4.64H2/h80*1H4;64*1H/i;;;;;;;;;;;;;;;;;;;;;;;;;;;;;;;;;;;;;;;;;;;;;;;;;;;;;;;;;;;;;;;;;;;;;;;;;;;;;;;;64*1+2. The van der Waals surface area contributed by atoms with Crippen molar-refractivity contribution in [1.82, 2.24) is 0 Å². The summed E-state index contributed by atoms with van der Waals surface area (Å²) >= 11 is 0. The molecule has 0 fully saturated rings. The minimum atomic E-state index is 0. The SMILES string of the molecule is C.C.C.C.C.C.C.C.C.C.C.C.C.C.C.C.C.C.C.C.C.C.C.C.C.C.C.C.C.C.C.C.C.C.C.C.C.C.C.C.C.C.C.C.C.C.C.C.C.C.C.C.C.C.C.C.C.C.C.C.C.C.C.C.C.C.C.C.C.C.C.C.C.C.C.C.C.C.C.C.[3HH].[3HH].[3HH].[3HH].[3HH].[3HH].[3HH].[3HH].[3HH].[3HH].[3HH].[3HH].[3HH].[3HH].[3HH].[3HH].[3HH].[3HH].[3HH].[3HH].[3HH].[3HH].[3HH].[3HH].[3HH].[3HH].[3HH].[3HH].[3HH].[3HH].[3HH].[3HH].[3HH].[3HH].[3HH].[3HH].[3HH].[3HH].[3HH].[3HH].[3HH].[3HH].[3HH].[3HH].[3HH].[3HH].[3HH].[3HH].[3HH].[3HH].[3HH].[3HH].[3HH].[3HH].[3HH].[3HH].[3HH].[3HH].[3HH].[3HH].[3HH].[3HH].[3HH].[3HH]. The Labute approximate surface area is 686 Å². The molecule has 0 heteroatoms. The first-order chi connectivity index (χ1) is 0. The Balaban J connectivity index is 0. The molecule has 0 unspecified atom stereocenters. The van der Waals surface area contributed by atoms with Crippen LogP contribution in [0.5, 0.6) is 0 Å². The molecule has 0 heterocycles. The van der Waals surface area contributed by atoms with Gasteiger partial charge in [-0.25, -0.2) is 0 Å². The normalized spacial score (nSPS) is 0. The highest BCUT2D eigenvalue weighted by molar-refractivity contribution is 2.58. The first-order valence-corrected chi connectivity index (χ1v) is 0. The zero-order valence-corrected chi connectivity index (χ0v) is 0. The molecular formula is C80H448. The highest BCUT2D eigenvalue weighted by atomic mass is 12.1. The number of hydrogen-bond donors (Lipinski definition) is 0. The van der Waals surface area contributed by atoms with Gasteiger partial charge in [0.2, 0.25) is 0 Å². The molecule has 0 aliphatic carbocycles. The maximum absolute atomic E-state index is 0. The van der Waals surface area contributed by atoms with Crippen molar-refractivity contribution in [1.29, 1.82) is 0 Å². The van der Waals surface area contributed by atoms with Gasteiger partial charge in [-0.05, 0) is 0 Å². The second-order valence-corrected chi connectivity index (χ2v) is 0. The molecule has 0 amide bonds. The van der Waals surface area contributed by atoms with E-state index < -0.39 is 0 Å². The quantitative estimate of drug-likeness (QED) is 0.227. The van der Waals surface area contributed by atoms with Crippen LogP contribution in [-0.2, 0) is 0 Å². The third-order valence-corrected chi connectivity index (χ3v) is 0. The van der Waals surface area contributed by atoms with Gasteiger partial charge in [-0.2, -0.15) is 0 Å². The van der Waals surface area contributed by atoms with E-state index in [0.717, 1.165) is 0 Å². The van der Waals surface area contributed by atoms with E-state index in [-0.39, 0.29) is 685 Å². The Morgan fingerprint density at radius 2 is 0.0250 bits per heavy atom. The Morgan fingerprint density at radius 3 is 0.0250 bits per heavy atom. The smallest absolute Gasteiger partial charge is 0 e. The van der Waals surface area contributed by atoms with Crippen LogP contribution in [0.3, 0.4) is 0 Å². The van der Waals surface area contributed by atoms with Gasteiger partial charge >= 0.3 is 0 Å². The molecular weight excluding hydrogens is 961 g/mol. The lowest BCUT2D eigenvalue weighted by atomic mass is 12.0. The first-order valence-electron chi connectivity index (χ1n) is 0. The molecule has 0 rings (SSSR count). The van der Waals surface area contributed by atoms with Crippen molar-refractivity contribution in [3.05, 3.63) is 0 Å². The second-order valence-electron chi connectivity index (χ2n) is 0. The van der Waals surface area contributed by atoms with E-state index in [4.69, 9.17) is 0 Å². The average molecular weight is 1540 g/mol. The number of hydrogen-bond acceptors (Lipinski definition) is 0. The third kappa shape index (κ3) is 0. The van der Waals surface area contributed by atoms with Gasteiger partial charge in [0.25, 0.3) is 0 Å². The van der Waals surface area contributed by atoms with E-state index in [9.17, 15) is 0 Å². The Bertz CT molecular complexity index is 143. The van der Waals surface area contributed by atoms with Gasteiger partial charge in [-0.15, -0.1) is 0 Å². The summed E-state index contributed by atoms with van der Waals surface area (Å²) in [6.45, 7) is 0. The fourth-order valence-electron chi connectivity index (χ4n) is 0. The van der Waals surface area contributed by atoms with Crippen LogP contribution in [0.25, 0.3) is 0 Å². The molecule has 0 aromatic rings. The number of rotatable bonds is 0. The van der Waals surface area contributed by atoms with Crippen LogP contribution < -0.4 is 0 Å².